The molecule has 3 aromatic heterocycles. The number of hydrogen-bond donors (Lipinski definition) is 0. The Labute approximate surface area is 330 Å². The Balaban J connectivity index is 1.02. The van der Waals surface area contributed by atoms with E-state index in [1.54, 1.807) is 0 Å². The van der Waals surface area contributed by atoms with Crippen LogP contribution in [0.25, 0.3) is 105 Å². The highest BCUT2D eigenvalue weighted by atomic mass is 15.0. The van der Waals surface area contributed by atoms with Gasteiger partial charge in [-0.05, 0) is 92.3 Å². The highest BCUT2D eigenvalue weighted by Crippen LogP contribution is 2.38. The predicted molar refractivity (Wildman–Crippen MR) is 236 cm³/mol. The van der Waals surface area contributed by atoms with Crippen LogP contribution in [0.1, 0.15) is 0 Å². The number of hydrogen-bond acceptors (Lipinski definition) is 3. The minimum Gasteiger partial charge on any atom is -0.309 e. The first-order valence-electron chi connectivity index (χ1n) is 19.3. The van der Waals surface area contributed by atoms with Gasteiger partial charge in [0, 0.05) is 45.5 Å². The fourth-order valence-corrected chi connectivity index (χ4v) is 8.34. The predicted octanol–water partition coefficient (Wildman–Crippen LogP) is 13.6. The first kappa shape index (κ1) is 32.7. The molecule has 266 valence electrons. The maximum atomic E-state index is 5.23. The van der Waals surface area contributed by atoms with Crippen LogP contribution < -0.4 is 0 Å². The van der Waals surface area contributed by atoms with Crippen LogP contribution in [0, 0.1) is 0 Å². The molecule has 11 rings (SSSR count). The molecule has 0 aliphatic rings. The molecule has 0 unspecified atom stereocenters. The van der Waals surface area contributed by atoms with E-state index in [1.165, 1.54) is 48.9 Å². The Morgan fingerprint density at radius 3 is 1.35 bits per heavy atom. The topological polar surface area (TPSA) is 43.6 Å². The van der Waals surface area contributed by atoms with Crippen molar-refractivity contribution in [1.29, 1.82) is 0 Å². The van der Waals surface area contributed by atoms with Crippen LogP contribution >= 0.6 is 0 Å². The van der Waals surface area contributed by atoms with Crippen LogP contribution in [-0.4, -0.2) is 19.5 Å². The molecule has 0 fully saturated rings. The van der Waals surface area contributed by atoms with Gasteiger partial charge in [0.25, 0.3) is 0 Å². The van der Waals surface area contributed by atoms with Gasteiger partial charge in [-0.3, -0.25) is 4.98 Å². The zero-order valence-electron chi connectivity index (χ0n) is 30.9. The molecule has 4 nitrogen and oxygen atoms in total. The van der Waals surface area contributed by atoms with Crippen LogP contribution in [0.15, 0.2) is 207 Å². The van der Waals surface area contributed by atoms with Gasteiger partial charge in [0.1, 0.15) is 0 Å². The quantitative estimate of drug-likeness (QED) is 0.160. The second-order valence-corrected chi connectivity index (χ2v) is 14.5. The van der Waals surface area contributed by atoms with Crippen molar-refractivity contribution in [3.05, 3.63) is 207 Å². The SMILES string of the molecule is c1ccc2c(-c3ccc(-c4nc(-c5ccc(-c6ccncc6)cc5)cc(-c5ccc(-n6c7ccccc7c7ccccc76)cc5)n4)cc3)c3ccccc3cc2c1. The van der Waals surface area contributed by atoms with Crippen molar-refractivity contribution in [2.75, 3.05) is 0 Å². The summed E-state index contributed by atoms with van der Waals surface area (Å²) in [6.45, 7) is 0. The molecule has 0 N–H and O–H groups in total. The Bertz CT molecular complexity index is 3150. The highest BCUT2D eigenvalue weighted by molar-refractivity contribution is 6.13. The van der Waals surface area contributed by atoms with Gasteiger partial charge in [0.05, 0.1) is 22.4 Å². The third-order valence-electron chi connectivity index (χ3n) is 11.1. The van der Waals surface area contributed by atoms with E-state index >= 15 is 0 Å². The van der Waals surface area contributed by atoms with Gasteiger partial charge in [0.2, 0.25) is 0 Å². The van der Waals surface area contributed by atoms with Gasteiger partial charge in [-0.1, -0.05) is 146 Å². The summed E-state index contributed by atoms with van der Waals surface area (Å²) in [6, 6.07) is 69.0. The summed E-state index contributed by atoms with van der Waals surface area (Å²) < 4.78 is 2.34. The van der Waals surface area contributed by atoms with Crippen LogP contribution in [0.5, 0.6) is 0 Å². The van der Waals surface area contributed by atoms with Gasteiger partial charge in [0.15, 0.2) is 5.82 Å². The third-order valence-corrected chi connectivity index (χ3v) is 11.1. The Morgan fingerprint density at radius 2 is 0.772 bits per heavy atom. The van der Waals surface area contributed by atoms with E-state index < -0.39 is 0 Å². The second-order valence-electron chi connectivity index (χ2n) is 14.5. The molecule has 0 spiro atoms. The fraction of sp³-hybridized carbons (Fsp3) is 0. The molecular formula is C53H34N4. The van der Waals surface area contributed by atoms with E-state index in [4.69, 9.17) is 9.97 Å². The smallest absolute Gasteiger partial charge is 0.160 e. The lowest BCUT2D eigenvalue weighted by molar-refractivity contribution is 1.17. The molecular weight excluding hydrogens is 693 g/mol. The second kappa shape index (κ2) is 13.6. The standard InChI is InChI=1S/C53H34N4/c1-3-11-44-41(9-1)33-42-10-2-4-12-45(42)52(44)39-21-23-40(24-22-39)53-55-48(37-19-17-35(18-20-37)36-29-31-54-32-30-36)34-49(56-53)38-25-27-43(28-26-38)57-50-15-7-5-13-46(50)47-14-6-8-16-51(47)57/h1-34H. The molecule has 0 amide bonds. The third kappa shape index (κ3) is 5.74. The molecule has 0 aliphatic carbocycles. The minimum absolute atomic E-state index is 0.682. The zero-order chi connectivity index (χ0) is 37.7. The van der Waals surface area contributed by atoms with Crippen molar-refractivity contribution in [3.8, 4) is 61.8 Å². The van der Waals surface area contributed by atoms with Crippen molar-refractivity contribution in [1.82, 2.24) is 19.5 Å². The number of pyridine rings is 1. The van der Waals surface area contributed by atoms with E-state index in [2.05, 4.69) is 192 Å². The van der Waals surface area contributed by atoms with Gasteiger partial charge >= 0.3 is 0 Å². The number of benzene rings is 8. The maximum Gasteiger partial charge on any atom is 0.160 e. The summed E-state index contributed by atoms with van der Waals surface area (Å²) >= 11 is 0. The van der Waals surface area contributed by atoms with Crippen LogP contribution in [0.4, 0.5) is 0 Å². The molecule has 0 aliphatic heterocycles. The van der Waals surface area contributed by atoms with E-state index in [9.17, 15) is 0 Å². The monoisotopic (exact) mass is 726 g/mol. The van der Waals surface area contributed by atoms with Gasteiger partial charge < -0.3 is 4.57 Å². The number of para-hydroxylation sites is 2. The Morgan fingerprint density at radius 1 is 0.333 bits per heavy atom. The van der Waals surface area contributed by atoms with E-state index in [-0.39, 0.29) is 0 Å². The van der Waals surface area contributed by atoms with Crippen molar-refractivity contribution < 1.29 is 0 Å². The van der Waals surface area contributed by atoms with Crippen LogP contribution in [0.3, 0.4) is 0 Å². The molecule has 11 aromatic rings. The largest absolute Gasteiger partial charge is 0.309 e. The summed E-state index contributed by atoms with van der Waals surface area (Å²) in [6.07, 6.45) is 3.65. The number of fused-ring (bicyclic) bond motifs is 5. The molecule has 0 atom stereocenters. The Hall–Kier alpha value is -7.69. The zero-order valence-corrected chi connectivity index (χ0v) is 30.9. The van der Waals surface area contributed by atoms with Gasteiger partial charge in [-0.15, -0.1) is 0 Å². The normalized spacial score (nSPS) is 11.5. The molecule has 0 bridgehead atoms. The minimum atomic E-state index is 0.682. The first-order valence-corrected chi connectivity index (χ1v) is 19.3. The summed E-state index contributed by atoms with van der Waals surface area (Å²) in [5.74, 6) is 0.682. The lowest BCUT2D eigenvalue weighted by Gasteiger charge is -2.13. The lowest BCUT2D eigenvalue weighted by atomic mass is 9.91. The molecule has 0 radical (unpaired) electrons. The van der Waals surface area contributed by atoms with Crippen molar-refractivity contribution in [3.63, 3.8) is 0 Å². The van der Waals surface area contributed by atoms with Crippen molar-refractivity contribution >= 4 is 43.4 Å². The number of rotatable bonds is 6. The molecule has 8 aromatic carbocycles. The van der Waals surface area contributed by atoms with Crippen LogP contribution in [-0.2, 0) is 0 Å². The average molecular weight is 727 g/mol. The number of aromatic nitrogens is 4. The number of nitrogens with zero attached hydrogens (tertiary/aromatic N) is 4. The summed E-state index contributed by atoms with van der Waals surface area (Å²) in [7, 11) is 0. The first-order chi connectivity index (χ1) is 28.2. The van der Waals surface area contributed by atoms with Gasteiger partial charge in [-0.25, -0.2) is 9.97 Å². The highest BCUT2D eigenvalue weighted by Gasteiger charge is 2.15. The Kier molecular flexibility index (Phi) is 7.78. The average Bonchev–Trinajstić information content (AvgIpc) is 3.63. The maximum absolute atomic E-state index is 5.23. The fourth-order valence-electron chi connectivity index (χ4n) is 8.34. The molecule has 0 saturated heterocycles. The molecule has 4 heteroatoms. The summed E-state index contributed by atoms with van der Waals surface area (Å²) in [5, 5.41) is 7.44. The lowest BCUT2D eigenvalue weighted by Crippen LogP contribution is -1.97. The molecule has 57 heavy (non-hydrogen) atoms. The van der Waals surface area contributed by atoms with Gasteiger partial charge in [-0.2, -0.15) is 0 Å². The van der Waals surface area contributed by atoms with Crippen LogP contribution in [0.2, 0.25) is 0 Å². The summed E-state index contributed by atoms with van der Waals surface area (Å²) in [5.41, 5.74) is 12.9. The van der Waals surface area contributed by atoms with E-state index in [0.29, 0.717) is 5.82 Å². The molecule has 0 saturated carbocycles. The summed E-state index contributed by atoms with van der Waals surface area (Å²) in [4.78, 5) is 14.6. The van der Waals surface area contributed by atoms with E-state index in [1.807, 2.05) is 24.5 Å². The van der Waals surface area contributed by atoms with E-state index in [0.717, 1.165) is 50.5 Å². The van der Waals surface area contributed by atoms with Crippen molar-refractivity contribution in [2.45, 2.75) is 0 Å². The van der Waals surface area contributed by atoms with Crippen molar-refractivity contribution in [2.24, 2.45) is 0 Å². The molecule has 3 heterocycles.